The summed E-state index contributed by atoms with van der Waals surface area (Å²) in [7, 11) is 0. The quantitative estimate of drug-likeness (QED) is 0.492. The van der Waals surface area contributed by atoms with Gasteiger partial charge in [-0.2, -0.15) is 0 Å². The molecule has 2 aromatic rings. The van der Waals surface area contributed by atoms with Gasteiger partial charge in [0.05, 0.1) is 5.56 Å². The lowest BCUT2D eigenvalue weighted by Crippen LogP contribution is -2.10. The second-order valence-electron chi connectivity index (χ2n) is 7.61. The third-order valence-corrected chi connectivity index (χ3v) is 5.18. The average molecular weight is 362 g/mol. The second-order valence-corrected chi connectivity index (χ2v) is 7.61. The summed E-state index contributed by atoms with van der Waals surface area (Å²) in [5.74, 6) is 11.4. The number of rotatable bonds is 0. The van der Waals surface area contributed by atoms with Gasteiger partial charge in [0.15, 0.2) is 0 Å². The molecule has 0 atom stereocenters. The monoisotopic (exact) mass is 362 g/mol. The van der Waals surface area contributed by atoms with Gasteiger partial charge in [-0.05, 0) is 69.2 Å². The maximum atomic E-state index is 14.4. The molecule has 1 aliphatic rings. The first-order valence-corrected chi connectivity index (χ1v) is 9.52. The summed E-state index contributed by atoms with van der Waals surface area (Å²) in [6.45, 7) is 6.19. The van der Waals surface area contributed by atoms with Crippen LogP contribution in [0.25, 0.3) is 0 Å². The highest BCUT2D eigenvalue weighted by atomic mass is 19.1. The van der Waals surface area contributed by atoms with Crippen LogP contribution in [0.3, 0.4) is 0 Å². The summed E-state index contributed by atoms with van der Waals surface area (Å²) in [5.41, 5.74) is 3.07. The highest BCUT2D eigenvalue weighted by Gasteiger charge is 2.16. The van der Waals surface area contributed by atoms with Crippen molar-refractivity contribution in [1.29, 1.82) is 0 Å². The third-order valence-electron chi connectivity index (χ3n) is 5.18. The van der Waals surface area contributed by atoms with Gasteiger partial charge in [0, 0.05) is 17.0 Å². The Hall–Kier alpha value is -2.58. The van der Waals surface area contributed by atoms with E-state index in [1.54, 1.807) is 0 Å². The van der Waals surface area contributed by atoms with Crippen molar-refractivity contribution >= 4 is 0 Å². The Kier molecular flexibility index (Phi) is 5.98. The summed E-state index contributed by atoms with van der Waals surface area (Å²) in [6.07, 6.45) is 4.49. The Balaban J connectivity index is 1.81. The number of hydrogen-bond donors (Lipinski definition) is 0. The molecule has 0 aliphatic heterocycles. The standard InChI is InChI=1S/C25H24F2/c1-17-4-7-20(8-5-17)9-10-21-15-24(26)23(25(27)16-21)13-12-22-11-6-18(2)14-19(22)3/h6,11,14-17,20H,4-5,7-8H2,1-3H3. The zero-order valence-electron chi connectivity index (χ0n) is 16.1. The minimum atomic E-state index is -0.658. The number of aryl methyl sites for hydroxylation is 2. The highest BCUT2D eigenvalue weighted by molar-refractivity contribution is 5.50. The molecule has 0 nitrogen and oxygen atoms in total. The molecule has 0 saturated heterocycles. The topological polar surface area (TPSA) is 0 Å². The summed E-state index contributed by atoms with van der Waals surface area (Å²) in [4.78, 5) is 0. The Morgan fingerprint density at radius 1 is 0.852 bits per heavy atom. The SMILES string of the molecule is Cc1ccc(C#Cc2c(F)cc(C#CC3CCC(C)CC3)cc2F)c(C)c1. The van der Waals surface area contributed by atoms with Crippen molar-refractivity contribution in [3.8, 4) is 23.7 Å². The molecule has 0 heterocycles. The van der Waals surface area contributed by atoms with Crippen molar-refractivity contribution in [2.45, 2.75) is 46.5 Å². The molecule has 0 bridgehead atoms. The van der Waals surface area contributed by atoms with E-state index in [-0.39, 0.29) is 5.56 Å². The fourth-order valence-corrected chi connectivity index (χ4v) is 3.44. The smallest absolute Gasteiger partial charge is 0.143 e. The highest BCUT2D eigenvalue weighted by Crippen LogP contribution is 2.27. The predicted molar refractivity (Wildman–Crippen MR) is 106 cm³/mol. The molecule has 0 unspecified atom stereocenters. The molecule has 0 spiro atoms. The van der Waals surface area contributed by atoms with E-state index in [0.717, 1.165) is 35.4 Å². The van der Waals surface area contributed by atoms with Gasteiger partial charge < -0.3 is 0 Å². The minimum Gasteiger partial charge on any atom is -0.205 e. The second kappa shape index (κ2) is 8.41. The van der Waals surface area contributed by atoms with Crippen molar-refractivity contribution < 1.29 is 8.78 Å². The molecular weight excluding hydrogens is 338 g/mol. The maximum Gasteiger partial charge on any atom is 0.143 e. The molecule has 1 saturated carbocycles. The fourth-order valence-electron chi connectivity index (χ4n) is 3.44. The largest absolute Gasteiger partial charge is 0.205 e. The van der Waals surface area contributed by atoms with Crippen LogP contribution in [0.2, 0.25) is 0 Å². The predicted octanol–water partition coefficient (Wildman–Crippen LogP) is 6.16. The van der Waals surface area contributed by atoms with E-state index in [4.69, 9.17) is 0 Å². The summed E-state index contributed by atoms with van der Waals surface area (Å²) in [5, 5.41) is 0. The normalized spacial score (nSPS) is 18.9. The van der Waals surface area contributed by atoms with Gasteiger partial charge in [-0.15, -0.1) is 0 Å². The van der Waals surface area contributed by atoms with Crippen LogP contribution in [0.15, 0.2) is 30.3 Å². The van der Waals surface area contributed by atoms with Gasteiger partial charge in [0.2, 0.25) is 0 Å². The summed E-state index contributed by atoms with van der Waals surface area (Å²) >= 11 is 0. The molecule has 0 radical (unpaired) electrons. The lowest BCUT2D eigenvalue weighted by molar-refractivity contribution is 0.337. The van der Waals surface area contributed by atoms with Crippen LogP contribution in [-0.4, -0.2) is 0 Å². The average Bonchev–Trinajstić information content (AvgIpc) is 2.62. The molecule has 138 valence electrons. The molecule has 0 amide bonds. The third kappa shape index (κ3) is 4.99. The zero-order valence-corrected chi connectivity index (χ0v) is 16.1. The lowest BCUT2D eigenvalue weighted by Gasteiger charge is -2.21. The van der Waals surface area contributed by atoms with Crippen LogP contribution in [0.1, 0.15) is 60.4 Å². The van der Waals surface area contributed by atoms with E-state index >= 15 is 0 Å². The number of hydrogen-bond acceptors (Lipinski definition) is 0. The Labute approximate surface area is 161 Å². The van der Waals surface area contributed by atoms with Crippen molar-refractivity contribution in [2.75, 3.05) is 0 Å². The molecule has 1 aliphatic carbocycles. The Bertz CT molecular complexity index is 932. The van der Waals surface area contributed by atoms with Crippen LogP contribution in [-0.2, 0) is 0 Å². The van der Waals surface area contributed by atoms with Gasteiger partial charge in [0.1, 0.15) is 11.6 Å². The van der Waals surface area contributed by atoms with Gasteiger partial charge in [-0.25, -0.2) is 8.78 Å². The van der Waals surface area contributed by atoms with Crippen LogP contribution >= 0.6 is 0 Å². The summed E-state index contributed by atoms with van der Waals surface area (Å²) in [6, 6.07) is 8.38. The molecule has 27 heavy (non-hydrogen) atoms. The first-order valence-electron chi connectivity index (χ1n) is 9.52. The van der Waals surface area contributed by atoms with Gasteiger partial charge in [-0.3, -0.25) is 0 Å². The van der Waals surface area contributed by atoms with Crippen molar-refractivity contribution in [3.05, 3.63) is 69.8 Å². The number of benzene rings is 2. The van der Waals surface area contributed by atoms with E-state index in [0.29, 0.717) is 11.5 Å². The first kappa shape index (κ1) is 19.2. The van der Waals surface area contributed by atoms with Gasteiger partial charge in [-0.1, -0.05) is 48.3 Å². The van der Waals surface area contributed by atoms with Gasteiger partial charge >= 0.3 is 0 Å². The van der Waals surface area contributed by atoms with Crippen LogP contribution in [0.5, 0.6) is 0 Å². The van der Waals surface area contributed by atoms with Crippen LogP contribution < -0.4 is 0 Å². The molecule has 3 rings (SSSR count). The van der Waals surface area contributed by atoms with E-state index < -0.39 is 11.6 Å². The van der Waals surface area contributed by atoms with Crippen molar-refractivity contribution in [2.24, 2.45) is 11.8 Å². The first-order chi connectivity index (χ1) is 12.9. The van der Waals surface area contributed by atoms with Crippen LogP contribution in [0.4, 0.5) is 8.78 Å². The molecule has 0 aromatic heterocycles. The van der Waals surface area contributed by atoms with Crippen LogP contribution in [0, 0.1) is 61.0 Å². The molecule has 0 N–H and O–H groups in total. The molecule has 1 fully saturated rings. The lowest BCUT2D eigenvalue weighted by atomic mass is 9.83. The molecular formula is C25H24F2. The Morgan fingerprint density at radius 2 is 1.52 bits per heavy atom. The van der Waals surface area contributed by atoms with Crippen molar-refractivity contribution in [3.63, 3.8) is 0 Å². The van der Waals surface area contributed by atoms with E-state index in [1.165, 1.54) is 25.0 Å². The van der Waals surface area contributed by atoms with E-state index in [1.807, 2.05) is 32.0 Å². The number of halogens is 2. The minimum absolute atomic E-state index is 0.202. The Morgan fingerprint density at radius 3 is 2.15 bits per heavy atom. The summed E-state index contributed by atoms with van der Waals surface area (Å²) < 4.78 is 28.8. The van der Waals surface area contributed by atoms with Crippen molar-refractivity contribution in [1.82, 2.24) is 0 Å². The molecule has 2 heteroatoms. The van der Waals surface area contributed by atoms with E-state index in [2.05, 4.69) is 30.6 Å². The zero-order chi connectivity index (χ0) is 19.4. The molecule has 2 aromatic carbocycles. The fraction of sp³-hybridized carbons (Fsp3) is 0.360. The maximum absolute atomic E-state index is 14.4. The van der Waals surface area contributed by atoms with Gasteiger partial charge in [0.25, 0.3) is 0 Å². The van der Waals surface area contributed by atoms with E-state index in [9.17, 15) is 8.78 Å².